The minimum atomic E-state index is -0.650. The molecule has 4 atom stereocenters. The molecule has 122 valence electrons. The van der Waals surface area contributed by atoms with Gasteiger partial charge in [-0.3, -0.25) is 4.79 Å². The van der Waals surface area contributed by atoms with E-state index >= 15 is 0 Å². The molecule has 0 N–H and O–H groups in total. The molecule has 6 heteroatoms. The molecule has 1 saturated heterocycles. The lowest BCUT2D eigenvalue weighted by Gasteiger charge is -2.22. The van der Waals surface area contributed by atoms with Crippen molar-refractivity contribution in [1.29, 1.82) is 0 Å². The van der Waals surface area contributed by atoms with Crippen LogP contribution < -0.4 is 0 Å². The minimum Gasteiger partial charge on any atom is -0.465 e. The summed E-state index contributed by atoms with van der Waals surface area (Å²) in [6.45, 7) is 5.16. The van der Waals surface area contributed by atoms with Gasteiger partial charge >= 0.3 is 11.9 Å². The zero-order chi connectivity index (χ0) is 16.4. The highest BCUT2D eigenvalue weighted by Gasteiger charge is 2.61. The number of furan rings is 1. The van der Waals surface area contributed by atoms with E-state index in [1.165, 1.54) is 6.92 Å². The van der Waals surface area contributed by atoms with Gasteiger partial charge in [-0.15, -0.1) is 0 Å². The summed E-state index contributed by atoms with van der Waals surface area (Å²) >= 11 is 0. The number of fused-ring (bicyclic) bond motifs is 4. The molecule has 0 spiro atoms. The molecular formula is C17H18O6. The van der Waals surface area contributed by atoms with Crippen molar-refractivity contribution in [3.63, 3.8) is 0 Å². The van der Waals surface area contributed by atoms with Crippen LogP contribution in [0.1, 0.15) is 55.8 Å². The third-order valence-electron chi connectivity index (χ3n) is 4.88. The van der Waals surface area contributed by atoms with Crippen LogP contribution in [0.5, 0.6) is 0 Å². The fraction of sp³-hybridized carbons (Fsp3) is 0.529. The quantitative estimate of drug-likeness (QED) is 0.585. The van der Waals surface area contributed by atoms with Gasteiger partial charge in [0.15, 0.2) is 18.0 Å². The van der Waals surface area contributed by atoms with E-state index in [9.17, 15) is 9.59 Å². The minimum absolute atomic E-state index is 0.0871. The lowest BCUT2D eigenvalue weighted by atomic mass is 9.89. The van der Waals surface area contributed by atoms with E-state index in [1.807, 2.05) is 19.9 Å². The lowest BCUT2D eigenvalue weighted by molar-refractivity contribution is -0.151. The summed E-state index contributed by atoms with van der Waals surface area (Å²) in [4.78, 5) is 23.6. The van der Waals surface area contributed by atoms with E-state index in [1.54, 1.807) is 6.26 Å². The average Bonchev–Trinajstić information content (AvgIpc) is 2.80. The SMILES string of the molecule is CC(=O)OC1c2occ(C)c2C2C=C(CCC3O[C@]31C)C(=O)O2. The Bertz CT molecular complexity index is 729. The summed E-state index contributed by atoms with van der Waals surface area (Å²) in [6.07, 6.45) is 3.46. The van der Waals surface area contributed by atoms with Gasteiger partial charge in [-0.25, -0.2) is 4.79 Å². The molecule has 2 aliphatic heterocycles. The molecule has 2 bridgehead atoms. The van der Waals surface area contributed by atoms with Gasteiger partial charge in [0.25, 0.3) is 0 Å². The summed E-state index contributed by atoms with van der Waals surface area (Å²) in [6, 6.07) is 0. The van der Waals surface area contributed by atoms with Crippen LogP contribution in [0, 0.1) is 6.92 Å². The predicted molar refractivity (Wildman–Crippen MR) is 77.4 cm³/mol. The van der Waals surface area contributed by atoms with Crippen LogP contribution in [0.15, 0.2) is 22.3 Å². The van der Waals surface area contributed by atoms with E-state index in [4.69, 9.17) is 18.6 Å². The maximum absolute atomic E-state index is 12.0. The molecule has 3 unspecified atom stereocenters. The number of hydrogen-bond donors (Lipinski definition) is 0. The Morgan fingerprint density at radius 3 is 2.96 bits per heavy atom. The number of aryl methyl sites for hydroxylation is 1. The summed E-state index contributed by atoms with van der Waals surface area (Å²) in [5.41, 5.74) is 1.64. The fourth-order valence-electron chi connectivity index (χ4n) is 3.58. The third kappa shape index (κ3) is 2.12. The van der Waals surface area contributed by atoms with Crippen LogP contribution in [0.3, 0.4) is 0 Å². The molecule has 0 aromatic carbocycles. The summed E-state index contributed by atoms with van der Waals surface area (Å²) in [5, 5.41) is 0. The number of hydrogen-bond acceptors (Lipinski definition) is 6. The Morgan fingerprint density at radius 2 is 2.22 bits per heavy atom. The van der Waals surface area contributed by atoms with Gasteiger partial charge in [0.05, 0.1) is 12.4 Å². The van der Waals surface area contributed by atoms with Crippen LogP contribution in [0.25, 0.3) is 0 Å². The maximum Gasteiger partial charge on any atom is 0.334 e. The Balaban J connectivity index is 1.85. The molecule has 1 fully saturated rings. The van der Waals surface area contributed by atoms with E-state index in [-0.39, 0.29) is 12.1 Å². The lowest BCUT2D eigenvalue weighted by Crippen LogP contribution is -2.27. The standard InChI is InChI=1S/C17H18O6/c1-8-7-20-14-13(8)11-6-10(16(19)22-11)4-5-12-17(3,23-12)15(14)21-9(2)18/h6-7,11-12,15H,4-5H2,1-3H3/t11?,12?,15?,17-/m1/s1. The van der Waals surface area contributed by atoms with Gasteiger partial charge in [0.1, 0.15) is 5.60 Å². The third-order valence-corrected chi connectivity index (χ3v) is 4.88. The van der Waals surface area contributed by atoms with Crippen molar-refractivity contribution in [3.8, 4) is 0 Å². The van der Waals surface area contributed by atoms with E-state index < -0.39 is 23.8 Å². The van der Waals surface area contributed by atoms with Crippen molar-refractivity contribution in [3.05, 3.63) is 34.8 Å². The van der Waals surface area contributed by atoms with Gasteiger partial charge < -0.3 is 18.6 Å². The van der Waals surface area contributed by atoms with Crippen molar-refractivity contribution in [2.75, 3.05) is 0 Å². The second-order valence-corrected chi connectivity index (χ2v) is 6.53. The molecule has 0 amide bonds. The normalized spacial score (nSPS) is 34.8. The molecule has 23 heavy (non-hydrogen) atoms. The van der Waals surface area contributed by atoms with Crippen molar-refractivity contribution >= 4 is 11.9 Å². The Hall–Kier alpha value is -2.08. The number of rotatable bonds is 1. The largest absolute Gasteiger partial charge is 0.465 e. The smallest absolute Gasteiger partial charge is 0.334 e. The zero-order valence-electron chi connectivity index (χ0n) is 13.3. The topological polar surface area (TPSA) is 78.3 Å². The number of carbonyl (C=O) groups is 2. The Morgan fingerprint density at radius 1 is 1.43 bits per heavy atom. The summed E-state index contributed by atoms with van der Waals surface area (Å²) in [5.74, 6) is -0.197. The first-order chi connectivity index (χ1) is 10.9. The van der Waals surface area contributed by atoms with Crippen molar-refractivity contribution in [1.82, 2.24) is 0 Å². The van der Waals surface area contributed by atoms with Gasteiger partial charge in [0, 0.05) is 18.1 Å². The van der Waals surface area contributed by atoms with Crippen LogP contribution in [0.4, 0.5) is 0 Å². The van der Waals surface area contributed by atoms with Gasteiger partial charge in [0.2, 0.25) is 0 Å². The van der Waals surface area contributed by atoms with E-state index in [0.717, 1.165) is 11.1 Å². The maximum atomic E-state index is 12.0. The van der Waals surface area contributed by atoms with Crippen molar-refractivity contribution in [2.45, 2.75) is 57.5 Å². The van der Waals surface area contributed by atoms with Crippen LogP contribution in [-0.4, -0.2) is 23.6 Å². The molecule has 1 aromatic heterocycles. The molecule has 4 rings (SSSR count). The highest BCUT2D eigenvalue weighted by atomic mass is 16.7. The highest BCUT2D eigenvalue weighted by Crippen LogP contribution is 2.53. The predicted octanol–water partition coefficient (Wildman–Crippen LogP) is 2.67. The molecule has 3 heterocycles. The molecule has 3 aliphatic rings. The zero-order valence-corrected chi connectivity index (χ0v) is 13.3. The monoisotopic (exact) mass is 318 g/mol. The van der Waals surface area contributed by atoms with Crippen molar-refractivity contribution in [2.24, 2.45) is 0 Å². The Kier molecular flexibility index (Phi) is 2.97. The Labute approximate surface area is 133 Å². The number of esters is 2. The van der Waals surface area contributed by atoms with Crippen LogP contribution in [-0.2, 0) is 23.8 Å². The molecule has 0 radical (unpaired) electrons. The molecular weight excluding hydrogens is 300 g/mol. The summed E-state index contributed by atoms with van der Waals surface area (Å²) in [7, 11) is 0. The number of ether oxygens (including phenoxy) is 3. The first-order valence-corrected chi connectivity index (χ1v) is 7.74. The second-order valence-electron chi connectivity index (χ2n) is 6.53. The second kappa shape index (κ2) is 4.71. The van der Waals surface area contributed by atoms with Gasteiger partial charge in [-0.05, 0) is 38.3 Å². The molecule has 0 saturated carbocycles. The van der Waals surface area contributed by atoms with Gasteiger partial charge in [-0.2, -0.15) is 0 Å². The number of carbonyl (C=O) groups excluding carboxylic acids is 2. The van der Waals surface area contributed by atoms with E-state index in [2.05, 4.69) is 0 Å². The van der Waals surface area contributed by atoms with Gasteiger partial charge in [-0.1, -0.05) is 0 Å². The first-order valence-electron chi connectivity index (χ1n) is 7.74. The first kappa shape index (κ1) is 14.5. The van der Waals surface area contributed by atoms with Crippen molar-refractivity contribution < 1.29 is 28.2 Å². The molecule has 1 aromatic rings. The molecule has 6 nitrogen and oxygen atoms in total. The van der Waals surface area contributed by atoms with Crippen LogP contribution >= 0.6 is 0 Å². The van der Waals surface area contributed by atoms with E-state index in [0.29, 0.717) is 24.2 Å². The average molecular weight is 318 g/mol. The molecule has 1 aliphatic carbocycles. The fourth-order valence-corrected chi connectivity index (χ4v) is 3.58. The summed E-state index contributed by atoms with van der Waals surface area (Å²) < 4.78 is 22.6. The highest BCUT2D eigenvalue weighted by molar-refractivity contribution is 5.91. The number of epoxide rings is 1. The van der Waals surface area contributed by atoms with Crippen LogP contribution in [0.2, 0.25) is 0 Å².